The molecule has 5 nitrogen and oxygen atoms in total. The Bertz CT molecular complexity index is 823. The predicted octanol–water partition coefficient (Wildman–Crippen LogP) is 4.16. The molecule has 0 spiro atoms. The molecule has 6 heteroatoms. The van der Waals surface area contributed by atoms with Gasteiger partial charge in [-0.05, 0) is 37.6 Å². The van der Waals surface area contributed by atoms with Crippen molar-refractivity contribution in [2.75, 3.05) is 7.05 Å². The van der Waals surface area contributed by atoms with Crippen LogP contribution in [0.15, 0.2) is 30.6 Å². The third kappa shape index (κ3) is 4.02. The zero-order valence-electron chi connectivity index (χ0n) is 14.6. The van der Waals surface area contributed by atoms with E-state index in [0.29, 0.717) is 5.92 Å². The average Bonchev–Trinajstić information content (AvgIpc) is 3.11. The maximum absolute atomic E-state index is 4.64. The maximum atomic E-state index is 4.64. The first-order valence-electron chi connectivity index (χ1n) is 8.98. The molecule has 4 rings (SSSR count). The summed E-state index contributed by atoms with van der Waals surface area (Å²) in [7, 11) is 2.12. The second-order valence-electron chi connectivity index (χ2n) is 7.04. The highest BCUT2D eigenvalue weighted by atomic mass is 32.1. The fraction of sp³-hybridized carbons (Fsp3) is 0.474. The molecule has 0 radical (unpaired) electrons. The first-order valence-corrected chi connectivity index (χ1v) is 9.71. The molecule has 0 bridgehead atoms. The fourth-order valence-electron chi connectivity index (χ4n) is 3.62. The van der Waals surface area contributed by atoms with Crippen LogP contribution < -0.4 is 0 Å². The van der Waals surface area contributed by atoms with Crippen LogP contribution in [0, 0.1) is 0 Å². The van der Waals surface area contributed by atoms with Crippen LogP contribution in [0.3, 0.4) is 0 Å². The van der Waals surface area contributed by atoms with E-state index in [1.165, 1.54) is 55.0 Å². The van der Waals surface area contributed by atoms with E-state index >= 15 is 0 Å². The topological polar surface area (TPSA) is 54.8 Å². The summed E-state index contributed by atoms with van der Waals surface area (Å²) in [6.07, 6.45) is 10.5. The molecular formula is C19H23N5S. The van der Waals surface area contributed by atoms with Gasteiger partial charge in [-0.25, -0.2) is 9.97 Å². The number of rotatable bonds is 5. The zero-order valence-corrected chi connectivity index (χ0v) is 15.4. The molecule has 1 aromatic carbocycles. The summed E-state index contributed by atoms with van der Waals surface area (Å²) < 4.78 is 8.57. The minimum Gasteiger partial charge on any atom is -0.298 e. The van der Waals surface area contributed by atoms with Gasteiger partial charge in [0.15, 0.2) is 0 Å². The van der Waals surface area contributed by atoms with Crippen molar-refractivity contribution in [2.45, 2.75) is 51.1 Å². The number of hydrogen-bond donors (Lipinski definition) is 0. The Morgan fingerprint density at radius 2 is 1.68 bits per heavy atom. The minimum atomic E-state index is 0.568. The highest BCUT2D eigenvalue weighted by molar-refractivity contribution is 7.00. The summed E-state index contributed by atoms with van der Waals surface area (Å²) in [4.78, 5) is 11.6. The monoisotopic (exact) mass is 353 g/mol. The molecule has 130 valence electrons. The lowest BCUT2D eigenvalue weighted by Crippen LogP contribution is -2.18. The van der Waals surface area contributed by atoms with E-state index in [9.17, 15) is 0 Å². The Morgan fingerprint density at radius 3 is 2.48 bits per heavy atom. The van der Waals surface area contributed by atoms with Gasteiger partial charge in [0.1, 0.15) is 16.9 Å². The number of hydrogen-bond acceptors (Lipinski definition) is 6. The summed E-state index contributed by atoms with van der Waals surface area (Å²) in [5.41, 5.74) is 4.38. The Hall–Kier alpha value is -1.92. The first-order chi connectivity index (χ1) is 12.3. The van der Waals surface area contributed by atoms with Crippen molar-refractivity contribution in [2.24, 2.45) is 0 Å². The van der Waals surface area contributed by atoms with Gasteiger partial charge in [0.2, 0.25) is 0 Å². The van der Waals surface area contributed by atoms with Crippen LogP contribution in [0.2, 0.25) is 0 Å². The van der Waals surface area contributed by atoms with Crippen LogP contribution >= 0.6 is 11.7 Å². The van der Waals surface area contributed by atoms with Gasteiger partial charge >= 0.3 is 0 Å². The number of benzene rings is 1. The maximum Gasteiger partial charge on any atom is 0.131 e. The molecule has 0 amide bonds. The molecule has 0 saturated heterocycles. The van der Waals surface area contributed by atoms with Crippen molar-refractivity contribution in [3.63, 3.8) is 0 Å². The van der Waals surface area contributed by atoms with Gasteiger partial charge < -0.3 is 0 Å². The van der Waals surface area contributed by atoms with E-state index in [0.717, 1.165) is 29.9 Å². The summed E-state index contributed by atoms with van der Waals surface area (Å²) in [6.45, 7) is 1.72. The average molecular weight is 353 g/mol. The highest BCUT2D eigenvalue weighted by Gasteiger charge is 2.17. The van der Waals surface area contributed by atoms with Crippen LogP contribution in [0.1, 0.15) is 55.0 Å². The van der Waals surface area contributed by atoms with Crippen molar-refractivity contribution < 1.29 is 0 Å². The first kappa shape index (κ1) is 16.5. The Morgan fingerprint density at radius 1 is 0.960 bits per heavy atom. The van der Waals surface area contributed by atoms with E-state index in [2.05, 4.69) is 42.8 Å². The normalized spacial score (nSPS) is 15.9. The molecule has 1 fully saturated rings. The van der Waals surface area contributed by atoms with Crippen LogP contribution in [0.25, 0.3) is 11.0 Å². The molecule has 1 aliphatic carbocycles. The zero-order chi connectivity index (χ0) is 17.1. The summed E-state index contributed by atoms with van der Waals surface area (Å²) in [5, 5.41) is 0. The molecule has 0 N–H and O–H groups in total. The summed E-state index contributed by atoms with van der Waals surface area (Å²) >= 11 is 1.27. The van der Waals surface area contributed by atoms with E-state index in [4.69, 9.17) is 0 Å². The quantitative estimate of drug-likeness (QED) is 0.689. The number of aromatic nitrogens is 4. The van der Waals surface area contributed by atoms with Crippen molar-refractivity contribution in [1.82, 2.24) is 23.6 Å². The SMILES string of the molecule is CN(Cc1cnc(C2CCCCC2)nc1)Cc1ccc2nsnc2c1. The summed E-state index contributed by atoms with van der Waals surface area (Å²) in [6, 6.07) is 6.30. The summed E-state index contributed by atoms with van der Waals surface area (Å²) in [5.74, 6) is 1.60. The van der Waals surface area contributed by atoms with Gasteiger partial charge in [-0.2, -0.15) is 8.75 Å². The van der Waals surface area contributed by atoms with Crippen LogP contribution in [-0.2, 0) is 13.1 Å². The van der Waals surface area contributed by atoms with Crippen molar-refractivity contribution in [3.05, 3.63) is 47.5 Å². The van der Waals surface area contributed by atoms with Crippen LogP contribution in [0.5, 0.6) is 0 Å². The largest absolute Gasteiger partial charge is 0.298 e. The molecule has 0 atom stereocenters. The van der Waals surface area contributed by atoms with E-state index in [1.54, 1.807) is 0 Å². The van der Waals surface area contributed by atoms with Crippen LogP contribution in [-0.4, -0.2) is 30.7 Å². The molecule has 25 heavy (non-hydrogen) atoms. The molecular weight excluding hydrogens is 330 g/mol. The molecule has 0 aliphatic heterocycles. The lowest BCUT2D eigenvalue weighted by Gasteiger charge is -2.20. The molecule has 0 unspecified atom stereocenters. The van der Waals surface area contributed by atoms with E-state index in [-0.39, 0.29) is 0 Å². The molecule has 2 aromatic heterocycles. The Kier molecular flexibility index (Phi) is 4.99. The third-order valence-corrected chi connectivity index (χ3v) is 5.48. The van der Waals surface area contributed by atoms with Crippen LogP contribution in [0.4, 0.5) is 0 Å². The molecule has 2 heterocycles. The van der Waals surface area contributed by atoms with Gasteiger partial charge in [0.05, 0.1) is 11.7 Å². The van der Waals surface area contributed by atoms with Crippen molar-refractivity contribution in [1.29, 1.82) is 0 Å². The number of fused-ring (bicyclic) bond motifs is 1. The third-order valence-electron chi connectivity index (χ3n) is 4.92. The van der Waals surface area contributed by atoms with Gasteiger partial charge in [0, 0.05) is 37.0 Å². The van der Waals surface area contributed by atoms with E-state index in [1.807, 2.05) is 18.5 Å². The second kappa shape index (κ2) is 7.54. The highest BCUT2D eigenvalue weighted by Crippen LogP contribution is 2.30. The smallest absolute Gasteiger partial charge is 0.131 e. The molecule has 3 aromatic rings. The van der Waals surface area contributed by atoms with E-state index < -0.39 is 0 Å². The van der Waals surface area contributed by atoms with Crippen molar-refractivity contribution >= 4 is 22.8 Å². The second-order valence-corrected chi connectivity index (χ2v) is 7.57. The Labute approximate surface area is 152 Å². The van der Waals surface area contributed by atoms with Crippen molar-refractivity contribution in [3.8, 4) is 0 Å². The standard InChI is InChI=1S/C19H23N5S/c1-24(12-14-7-8-17-18(9-14)23-25-22-17)13-15-10-20-19(21-11-15)16-5-3-2-4-6-16/h7-11,16H,2-6,12-13H2,1H3. The lowest BCUT2D eigenvalue weighted by atomic mass is 9.89. The Balaban J connectivity index is 1.37. The lowest BCUT2D eigenvalue weighted by molar-refractivity contribution is 0.318. The van der Waals surface area contributed by atoms with Gasteiger partial charge in [-0.3, -0.25) is 4.90 Å². The number of nitrogens with zero attached hydrogens (tertiary/aromatic N) is 5. The van der Waals surface area contributed by atoms with Gasteiger partial charge in [-0.15, -0.1) is 0 Å². The molecule has 1 aliphatic rings. The molecule has 1 saturated carbocycles. The predicted molar refractivity (Wildman–Crippen MR) is 100 cm³/mol. The van der Waals surface area contributed by atoms with Gasteiger partial charge in [-0.1, -0.05) is 25.3 Å². The fourth-order valence-corrected chi connectivity index (χ4v) is 4.14. The minimum absolute atomic E-state index is 0.568. The van der Waals surface area contributed by atoms with Gasteiger partial charge in [0.25, 0.3) is 0 Å².